The van der Waals surface area contributed by atoms with E-state index < -0.39 is 12.7 Å². The van der Waals surface area contributed by atoms with Crippen molar-refractivity contribution in [3.8, 4) is 0 Å². The number of aromatic nitrogens is 2. The van der Waals surface area contributed by atoms with E-state index in [1.807, 2.05) is 0 Å². The molecule has 96 valence electrons. The van der Waals surface area contributed by atoms with E-state index in [2.05, 4.69) is 10.4 Å². The smallest absolute Gasteiger partial charge is 0.315 e. The van der Waals surface area contributed by atoms with Gasteiger partial charge in [0.15, 0.2) is 0 Å². The predicted octanol–water partition coefficient (Wildman–Crippen LogP) is 1.73. The van der Waals surface area contributed by atoms with Crippen molar-refractivity contribution in [3.63, 3.8) is 0 Å². The van der Waals surface area contributed by atoms with Crippen molar-refractivity contribution in [1.29, 1.82) is 0 Å². The summed E-state index contributed by atoms with van der Waals surface area (Å²) in [5, 5.41) is 7.29. The number of rotatable bonds is 2. The van der Waals surface area contributed by atoms with E-state index in [1.165, 1.54) is 6.20 Å². The summed E-state index contributed by atoms with van der Waals surface area (Å²) in [5.41, 5.74) is 0.850. The van der Waals surface area contributed by atoms with Gasteiger partial charge in [0.05, 0.1) is 5.69 Å². The molecule has 1 saturated carbocycles. The van der Waals surface area contributed by atoms with Gasteiger partial charge in [0, 0.05) is 18.2 Å². The maximum Gasteiger partial charge on any atom is 0.408 e. The third kappa shape index (κ3) is 2.15. The van der Waals surface area contributed by atoms with Gasteiger partial charge in [0.25, 0.3) is 0 Å². The van der Waals surface area contributed by atoms with Crippen molar-refractivity contribution in [1.82, 2.24) is 15.1 Å². The largest absolute Gasteiger partial charge is 0.408 e. The second-order valence-corrected chi connectivity index (χ2v) is 4.70. The summed E-state index contributed by atoms with van der Waals surface area (Å²) >= 11 is 0. The normalized spacial score (nSPS) is 30.9. The highest BCUT2D eigenvalue weighted by Crippen LogP contribution is 2.55. The lowest BCUT2D eigenvalue weighted by atomic mass is 10.0. The summed E-state index contributed by atoms with van der Waals surface area (Å²) in [6.07, 6.45) is -1.72. The molecule has 1 aliphatic carbocycles. The van der Waals surface area contributed by atoms with Crippen LogP contribution in [-0.2, 0) is 12.0 Å². The van der Waals surface area contributed by atoms with Crippen molar-refractivity contribution in [2.45, 2.75) is 24.6 Å². The first-order valence-electron chi connectivity index (χ1n) is 5.31. The van der Waals surface area contributed by atoms with Crippen molar-refractivity contribution < 1.29 is 13.2 Å². The highest BCUT2D eigenvalue weighted by Gasteiger charge is 2.59. The molecule has 3 nitrogen and oxygen atoms in total. The lowest BCUT2D eigenvalue weighted by Crippen LogP contribution is -2.21. The standard InChI is InChI=1S/C10H12F3N3.ClH/c11-10(12,13)6-16-2-1-8(15-16)9-3-7(9)4-14-5-9;/h1-2,7,14H,3-6H2;1H. The van der Waals surface area contributed by atoms with E-state index in [4.69, 9.17) is 0 Å². The number of hydrogen-bond donors (Lipinski definition) is 1. The Bertz CT molecular complexity index is 417. The maximum atomic E-state index is 12.2. The fraction of sp³-hybridized carbons (Fsp3) is 0.700. The molecule has 1 N–H and O–H groups in total. The summed E-state index contributed by atoms with van der Waals surface area (Å²) in [5.74, 6) is 0.571. The molecule has 0 aromatic carbocycles. The molecule has 1 aromatic rings. The molecule has 2 unspecified atom stereocenters. The van der Waals surface area contributed by atoms with Gasteiger partial charge in [-0.25, -0.2) is 0 Å². The first kappa shape index (κ1) is 12.7. The molecule has 17 heavy (non-hydrogen) atoms. The molecule has 2 atom stereocenters. The fourth-order valence-electron chi connectivity index (χ4n) is 2.64. The van der Waals surface area contributed by atoms with E-state index in [0.29, 0.717) is 5.92 Å². The van der Waals surface area contributed by atoms with E-state index in [-0.39, 0.29) is 17.8 Å². The number of fused-ring (bicyclic) bond motifs is 1. The van der Waals surface area contributed by atoms with Crippen LogP contribution in [-0.4, -0.2) is 29.0 Å². The van der Waals surface area contributed by atoms with Crippen molar-refractivity contribution >= 4 is 12.4 Å². The Morgan fingerprint density at radius 2 is 2.29 bits per heavy atom. The Hall–Kier alpha value is -0.750. The van der Waals surface area contributed by atoms with Crippen LogP contribution in [0.1, 0.15) is 12.1 Å². The monoisotopic (exact) mass is 267 g/mol. The van der Waals surface area contributed by atoms with E-state index >= 15 is 0 Å². The van der Waals surface area contributed by atoms with Gasteiger partial charge in [-0.3, -0.25) is 4.68 Å². The summed E-state index contributed by atoms with van der Waals surface area (Å²) in [7, 11) is 0. The fourth-order valence-corrected chi connectivity index (χ4v) is 2.64. The zero-order valence-corrected chi connectivity index (χ0v) is 9.81. The van der Waals surface area contributed by atoms with Crippen molar-refractivity contribution in [3.05, 3.63) is 18.0 Å². The molecule has 3 rings (SSSR count). The van der Waals surface area contributed by atoms with Gasteiger partial charge in [0.1, 0.15) is 6.54 Å². The van der Waals surface area contributed by atoms with Gasteiger partial charge in [-0.2, -0.15) is 18.3 Å². The first-order chi connectivity index (χ1) is 7.50. The van der Waals surface area contributed by atoms with E-state index in [1.54, 1.807) is 6.07 Å². The minimum Gasteiger partial charge on any atom is -0.315 e. The summed E-state index contributed by atoms with van der Waals surface area (Å²) in [6.45, 7) is 0.813. The molecule has 0 bridgehead atoms. The second kappa shape index (κ2) is 3.88. The minimum absolute atomic E-state index is 0. The Labute approximate surface area is 103 Å². The second-order valence-electron chi connectivity index (χ2n) is 4.70. The highest BCUT2D eigenvalue weighted by atomic mass is 35.5. The predicted molar refractivity (Wildman–Crippen MR) is 58.2 cm³/mol. The van der Waals surface area contributed by atoms with Crippen LogP contribution in [0.4, 0.5) is 13.2 Å². The van der Waals surface area contributed by atoms with Crippen LogP contribution in [0.5, 0.6) is 0 Å². The Morgan fingerprint density at radius 3 is 2.82 bits per heavy atom. The topological polar surface area (TPSA) is 29.9 Å². The summed E-state index contributed by atoms with van der Waals surface area (Å²) in [4.78, 5) is 0. The minimum atomic E-state index is -4.20. The van der Waals surface area contributed by atoms with Gasteiger partial charge in [-0.15, -0.1) is 12.4 Å². The Morgan fingerprint density at radius 1 is 1.53 bits per heavy atom. The molecule has 1 saturated heterocycles. The number of piperidine rings is 1. The Kier molecular flexibility index (Phi) is 2.90. The van der Waals surface area contributed by atoms with Crippen LogP contribution >= 0.6 is 12.4 Å². The van der Waals surface area contributed by atoms with Gasteiger partial charge in [-0.05, 0) is 24.9 Å². The molecule has 7 heteroatoms. The van der Waals surface area contributed by atoms with E-state index in [0.717, 1.165) is 29.9 Å². The lowest BCUT2D eigenvalue weighted by Gasteiger charge is -2.08. The quantitative estimate of drug-likeness (QED) is 0.884. The van der Waals surface area contributed by atoms with Crippen LogP contribution in [0, 0.1) is 5.92 Å². The van der Waals surface area contributed by atoms with Gasteiger partial charge < -0.3 is 5.32 Å². The van der Waals surface area contributed by atoms with Crippen molar-refractivity contribution in [2.24, 2.45) is 5.92 Å². The number of nitrogens with one attached hydrogen (secondary N) is 1. The third-order valence-electron chi connectivity index (χ3n) is 3.56. The van der Waals surface area contributed by atoms with Gasteiger partial charge in [-0.1, -0.05) is 0 Å². The molecule has 0 spiro atoms. The lowest BCUT2D eigenvalue weighted by molar-refractivity contribution is -0.142. The molecule has 0 amide bonds. The average molecular weight is 268 g/mol. The molecule has 1 aliphatic heterocycles. The molecule has 2 heterocycles. The number of alkyl halides is 3. The van der Waals surface area contributed by atoms with Crippen LogP contribution in [0.3, 0.4) is 0 Å². The van der Waals surface area contributed by atoms with Crippen molar-refractivity contribution in [2.75, 3.05) is 13.1 Å². The van der Waals surface area contributed by atoms with Crippen LogP contribution < -0.4 is 5.32 Å². The molecule has 1 aromatic heterocycles. The molecular formula is C10H13ClF3N3. The van der Waals surface area contributed by atoms with Crippen LogP contribution in [0.25, 0.3) is 0 Å². The number of hydrogen-bond acceptors (Lipinski definition) is 2. The van der Waals surface area contributed by atoms with Gasteiger partial charge >= 0.3 is 6.18 Å². The third-order valence-corrected chi connectivity index (χ3v) is 3.56. The molecular weight excluding hydrogens is 255 g/mol. The zero-order chi connectivity index (χ0) is 11.4. The average Bonchev–Trinajstić information content (AvgIpc) is 2.61. The SMILES string of the molecule is Cl.FC(F)(F)Cn1ccc(C23CNCC2C3)n1. The number of halogens is 4. The molecule has 0 radical (unpaired) electrons. The summed E-state index contributed by atoms with van der Waals surface area (Å²) in [6, 6.07) is 1.72. The summed E-state index contributed by atoms with van der Waals surface area (Å²) < 4.78 is 37.5. The van der Waals surface area contributed by atoms with Gasteiger partial charge in [0.2, 0.25) is 0 Å². The Balaban J connectivity index is 0.00000108. The van der Waals surface area contributed by atoms with Crippen LogP contribution in [0.2, 0.25) is 0 Å². The maximum absolute atomic E-state index is 12.2. The highest BCUT2D eigenvalue weighted by molar-refractivity contribution is 5.85. The first-order valence-corrected chi connectivity index (χ1v) is 5.31. The van der Waals surface area contributed by atoms with Crippen LogP contribution in [0.15, 0.2) is 12.3 Å². The zero-order valence-electron chi connectivity index (χ0n) is 9.00. The molecule has 2 fully saturated rings. The van der Waals surface area contributed by atoms with E-state index in [9.17, 15) is 13.2 Å². The number of nitrogens with zero attached hydrogens (tertiary/aromatic N) is 2. The molecule has 2 aliphatic rings.